The maximum Gasteiger partial charge on any atom is 0.426 e. The van der Waals surface area contributed by atoms with E-state index >= 15 is 0 Å². The predicted molar refractivity (Wildman–Crippen MR) is 220 cm³/mol. The van der Waals surface area contributed by atoms with E-state index in [1.54, 1.807) is 50.6 Å². The molecule has 3 rings (SSSR count). The van der Waals surface area contributed by atoms with Crippen LogP contribution in [-0.4, -0.2) is 102 Å². The number of likely N-dealkylation sites (tertiary alicyclic amines) is 1. The van der Waals surface area contributed by atoms with Crippen LogP contribution >= 0.6 is 11.3 Å². The van der Waals surface area contributed by atoms with Gasteiger partial charge < -0.3 is 24.8 Å². The van der Waals surface area contributed by atoms with E-state index in [4.69, 9.17) is 14.5 Å². The molecule has 0 aliphatic carbocycles. The monoisotopic (exact) mass is 814 g/mol. The van der Waals surface area contributed by atoms with Crippen molar-refractivity contribution in [3.63, 3.8) is 0 Å². The lowest BCUT2D eigenvalue weighted by Gasteiger charge is -2.39. The fraction of sp³-hybridized carbons (Fsp3) is 0.667. The lowest BCUT2D eigenvalue weighted by atomic mass is 9.82. The average molecular weight is 815 g/mol. The largest absolute Gasteiger partial charge is 0.508 e. The number of aromatic hydroxyl groups is 1. The number of nitrogens with one attached hydrogen (secondary N) is 3. The van der Waals surface area contributed by atoms with Gasteiger partial charge in [0.25, 0.3) is 5.91 Å². The number of ketones is 1. The van der Waals surface area contributed by atoms with Crippen LogP contribution in [0.3, 0.4) is 0 Å². The van der Waals surface area contributed by atoms with E-state index < -0.39 is 35.8 Å². The van der Waals surface area contributed by atoms with Crippen molar-refractivity contribution in [1.29, 1.82) is 0 Å². The van der Waals surface area contributed by atoms with Crippen molar-refractivity contribution in [2.45, 2.75) is 124 Å². The normalized spacial score (nSPS) is 17.8. The number of Topliss-reactive ketones (excluding diaryl/α,β-unsaturated/α-hetero) is 1. The fourth-order valence-corrected chi connectivity index (χ4v) is 8.34. The molecule has 1 saturated heterocycles. The third-order valence-electron chi connectivity index (χ3n) is 11.1. The molecule has 1 aromatic heterocycles. The molecule has 2 heterocycles. The van der Waals surface area contributed by atoms with Crippen LogP contribution in [0, 0.1) is 23.7 Å². The molecule has 0 spiro atoms. The average Bonchev–Trinajstić information content (AvgIpc) is 3.69. The van der Waals surface area contributed by atoms with Gasteiger partial charge in [0.2, 0.25) is 11.8 Å². The number of likely N-dealkylation sites (N-methyl/N-ethyl adjacent to an activating group) is 1. The molecule has 1 aliphatic rings. The summed E-state index contributed by atoms with van der Waals surface area (Å²) in [7, 11) is 3.58. The first-order valence-corrected chi connectivity index (χ1v) is 21.3. The minimum atomic E-state index is -0.775. The van der Waals surface area contributed by atoms with E-state index in [2.05, 4.69) is 48.8 Å². The summed E-state index contributed by atoms with van der Waals surface area (Å²) in [6.45, 7) is 14.8. The van der Waals surface area contributed by atoms with Crippen LogP contribution in [0.25, 0.3) is 0 Å². The Morgan fingerprint density at radius 1 is 1.02 bits per heavy atom. The summed E-state index contributed by atoms with van der Waals surface area (Å²) in [5.41, 5.74) is 5.67. The first-order valence-electron chi connectivity index (χ1n) is 20.4. The van der Waals surface area contributed by atoms with Gasteiger partial charge >= 0.3 is 6.09 Å². The van der Waals surface area contributed by atoms with Gasteiger partial charge in [-0.25, -0.2) is 15.2 Å². The smallest absolute Gasteiger partial charge is 0.426 e. The van der Waals surface area contributed by atoms with Gasteiger partial charge in [-0.1, -0.05) is 66.5 Å². The second-order valence-corrected chi connectivity index (χ2v) is 16.8. The number of ether oxygens (including phenoxy) is 2. The maximum absolute atomic E-state index is 14.5. The Morgan fingerprint density at radius 2 is 1.72 bits per heavy atom. The second-order valence-electron chi connectivity index (χ2n) is 15.9. The third-order valence-corrected chi connectivity index (χ3v) is 12.2. The molecule has 1 fully saturated rings. The van der Waals surface area contributed by atoms with Crippen molar-refractivity contribution in [3.8, 4) is 5.75 Å². The van der Waals surface area contributed by atoms with E-state index in [1.165, 1.54) is 11.3 Å². The van der Waals surface area contributed by atoms with Crippen LogP contribution in [0.15, 0.2) is 29.6 Å². The van der Waals surface area contributed by atoms with E-state index in [-0.39, 0.29) is 79.2 Å². The lowest BCUT2D eigenvalue weighted by molar-refractivity contribution is -0.149. The molecule has 15 heteroatoms. The van der Waals surface area contributed by atoms with E-state index in [1.807, 2.05) is 18.9 Å². The summed E-state index contributed by atoms with van der Waals surface area (Å²) in [4.78, 5) is 75.0. The van der Waals surface area contributed by atoms with Crippen molar-refractivity contribution in [2.75, 3.05) is 34.0 Å². The molecule has 1 aromatic carbocycles. The topological polar surface area (TPSA) is 180 Å². The number of amides is 4. The number of hydrazine groups is 1. The number of carbonyl (C=O) groups excluding carboxylic acids is 5. The molecule has 7 atom stereocenters. The highest BCUT2D eigenvalue weighted by atomic mass is 32.1. The molecule has 1 aliphatic heterocycles. The SMILES string of the molecule is CCOC(=O)NNC(=O)[C@@H](C)C[C@H](Cc1ccc(O)cc1)NC(=O)c1csc([C@H](C)C[C@H](C(C)C)N(COC)C(=O)[C@@H](CC(=O)[C@H]2CCCCN2C)C(C)CC)n1. The summed E-state index contributed by atoms with van der Waals surface area (Å²) in [6, 6.07) is 5.78. The highest BCUT2D eigenvalue weighted by Crippen LogP contribution is 2.32. The van der Waals surface area contributed by atoms with Gasteiger partial charge in [-0.3, -0.25) is 29.5 Å². The van der Waals surface area contributed by atoms with Crippen molar-refractivity contribution < 1.29 is 38.6 Å². The van der Waals surface area contributed by atoms with Crippen molar-refractivity contribution in [1.82, 2.24) is 31.0 Å². The van der Waals surface area contributed by atoms with Crippen LogP contribution in [0.4, 0.5) is 4.79 Å². The number of phenolic OH excluding ortho intramolecular Hbond substituents is 1. The molecular weight excluding hydrogens is 749 g/mol. The van der Waals surface area contributed by atoms with Gasteiger partial charge in [0, 0.05) is 48.7 Å². The minimum Gasteiger partial charge on any atom is -0.508 e. The van der Waals surface area contributed by atoms with Crippen LogP contribution in [0.1, 0.15) is 120 Å². The van der Waals surface area contributed by atoms with Crippen LogP contribution in [0.2, 0.25) is 0 Å². The zero-order valence-electron chi connectivity index (χ0n) is 35.3. The van der Waals surface area contributed by atoms with Crippen molar-refractivity contribution >= 4 is 40.9 Å². The molecule has 1 unspecified atom stereocenters. The number of rotatable bonds is 21. The number of carbonyl (C=O) groups is 5. The Labute approximate surface area is 342 Å². The van der Waals surface area contributed by atoms with E-state index in [0.717, 1.165) is 42.8 Å². The van der Waals surface area contributed by atoms with Gasteiger partial charge in [0.1, 0.15) is 18.2 Å². The second kappa shape index (κ2) is 23.4. The first-order chi connectivity index (χ1) is 27.1. The molecule has 0 radical (unpaired) electrons. The molecule has 4 N–H and O–H groups in total. The molecule has 14 nitrogen and oxygen atoms in total. The number of hydrogen-bond donors (Lipinski definition) is 4. The number of aromatic nitrogens is 1. The quantitative estimate of drug-likeness (QED) is 0.0857. The molecule has 318 valence electrons. The van der Waals surface area contributed by atoms with Crippen molar-refractivity contribution in [2.24, 2.45) is 23.7 Å². The number of methoxy groups -OCH3 is 1. The molecule has 2 aromatic rings. The summed E-state index contributed by atoms with van der Waals surface area (Å²) < 4.78 is 10.4. The Morgan fingerprint density at radius 3 is 2.33 bits per heavy atom. The molecular formula is C42H66N6O8S. The Bertz CT molecular complexity index is 1600. The Kier molecular flexibility index (Phi) is 19.4. The zero-order valence-corrected chi connectivity index (χ0v) is 36.2. The van der Waals surface area contributed by atoms with Gasteiger partial charge in [-0.15, -0.1) is 11.3 Å². The van der Waals surface area contributed by atoms with Gasteiger partial charge in [-0.05, 0) is 82.2 Å². The zero-order chi connectivity index (χ0) is 42.2. The molecule has 4 amide bonds. The van der Waals surface area contributed by atoms with Gasteiger partial charge in [0.05, 0.1) is 17.7 Å². The fourth-order valence-electron chi connectivity index (χ4n) is 7.47. The first kappa shape index (κ1) is 47.3. The highest BCUT2D eigenvalue weighted by molar-refractivity contribution is 7.09. The van der Waals surface area contributed by atoms with E-state index in [9.17, 15) is 29.1 Å². The van der Waals surface area contributed by atoms with Gasteiger partial charge in [-0.2, -0.15) is 0 Å². The van der Waals surface area contributed by atoms with Crippen LogP contribution in [-0.2, 0) is 30.3 Å². The Hall–Kier alpha value is -4.08. The summed E-state index contributed by atoms with van der Waals surface area (Å²) >= 11 is 1.38. The van der Waals surface area contributed by atoms with E-state index in [0.29, 0.717) is 12.8 Å². The molecule has 57 heavy (non-hydrogen) atoms. The summed E-state index contributed by atoms with van der Waals surface area (Å²) in [6.07, 6.45) is 4.31. The van der Waals surface area contributed by atoms with Crippen molar-refractivity contribution in [3.05, 3.63) is 45.9 Å². The van der Waals surface area contributed by atoms with Crippen LogP contribution < -0.4 is 16.2 Å². The minimum absolute atomic E-state index is 0.0106. The number of nitrogens with zero attached hydrogens (tertiary/aromatic N) is 3. The van der Waals surface area contributed by atoms with Crippen LogP contribution in [0.5, 0.6) is 5.75 Å². The maximum atomic E-state index is 14.5. The number of hydrogen-bond acceptors (Lipinski definition) is 11. The molecule has 0 saturated carbocycles. The number of thiazole rings is 1. The predicted octanol–water partition coefficient (Wildman–Crippen LogP) is 6.05. The summed E-state index contributed by atoms with van der Waals surface area (Å²) in [5, 5.41) is 15.3. The number of benzene rings is 1. The third kappa shape index (κ3) is 14.4. The standard InChI is InChI=1S/C42H66N6O8S/c1-10-27(5)33(23-37(50)35-14-12-13-19-47(35)8)41(53)48(25-55-9)36(26(3)4)21-29(7)40-44-34(24-57-40)39(52)43-31(22-30-15-17-32(49)18-16-30)20-28(6)38(51)45-46-42(54)56-11-2/h15-18,24,26-29,31,33,35-36,49H,10-14,19-23,25H2,1-9H3,(H,43,52)(H,45,51)(H,46,54)/t27?,28-,29+,31+,33-,35+,36+/m0/s1. The Balaban J connectivity index is 1.77. The lowest BCUT2D eigenvalue weighted by Crippen LogP contribution is -2.50. The summed E-state index contributed by atoms with van der Waals surface area (Å²) in [5.74, 6) is -1.76. The highest BCUT2D eigenvalue weighted by Gasteiger charge is 2.38. The molecule has 0 bridgehead atoms. The number of phenols is 1. The number of piperidine rings is 1. The van der Waals surface area contributed by atoms with Gasteiger partial charge in [0.15, 0.2) is 5.78 Å².